The van der Waals surface area contributed by atoms with Crippen LogP contribution >= 0.6 is 0 Å². The van der Waals surface area contributed by atoms with Crippen LogP contribution in [0.2, 0.25) is 0 Å². The SMILES string of the molecule is Cc1ccc2c(c1)N(CC(=O)Nc1cc(C)nn1C(C)C)C(=O)CO2. The van der Waals surface area contributed by atoms with E-state index in [0.29, 0.717) is 17.3 Å². The Hall–Kier alpha value is -2.83. The molecule has 0 bridgehead atoms. The minimum atomic E-state index is -0.274. The molecule has 2 amide bonds. The van der Waals surface area contributed by atoms with Gasteiger partial charge in [0.05, 0.1) is 11.4 Å². The molecular formula is C18H22N4O3. The summed E-state index contributed by atoms with van der Waals surface area (Å²) in [6.07, 6.45) is 0. The number of ether oxygens (including phenoxy) is 1. The fourth-order valence-corrected chi connectivity index (χ4v) is 2.82. The van der Waals surface area contributed by atoms with Crippen molar-refractivity contribution in [2.45, 2.75) is 33.7 Å². The highest BCUT2D eigenvalue weighted by molar-refractivity contribution is 6.04. The summed E-state index contributed by atoms with van der Waals surface area (Å²) in [5, 5.41) is 7.23. The van der Waals surface area contributed by atoms with E-state index in [2.05, 4.69) is 10.4 Å². The van der Waals surface area contributed by atoms with Crippen LogP contribution in [0.15, 0.2) is 24.3 Å². The van der Waals surface area contributed by atoms with Gasteiger partial charge < -0.3 is 10.1 Å². The van der Waals surface area contributed by atoms with Crippen LogP contribution in [0.4, 0.5) is 11.5 Å². The highest BCUT2D eigenvalue weighted by atomic mass is 16.5. The van der Waals surface area contributed by atoms with Gasteiger partial charge in [-0.25, -0.2) is 4.68 Å². The number of aryl methyl sites for hydroxylation is 2. The molecule has 0 atom stereocenters. The fourth-order valence-electron chi connectivity index (χ4n) is 2.82. The smallest absolute Gasteiger partial charge is 0.265 e. The molecule has 7 heteroatoms. The van der Waals surface area contributed by atoms with Crippen LogP contribution in [-0.4, -0.2) is 34.7 Å². The molecule has 0 radical (unpaired) electrons. The molecule has 0 saturated carbocycles. The Morgan fingerprint density at radius 3 is 2.80 bits per heavy atom. The Balaban J connectivity index is 1.80. The Labute approximate surface area is 146 Å². The minimum absolute atomic E-state index is 0.0631. The molecule has 0 fully saturated rings. The number of nitrogens with one attached hydrogen (secondary N) is 1. The third-order valence-electron chi connectivity index (χ3n) is 3.97. The number of hydrogen-bond donors (Lipinski definition) is 1. The molecule has 0 saturated heterocycles. The van der Waals surface area contributed by atoms with Gasteiger partial charge in [-0.15, -0.1) is 0 Å². The lowest BCUT2D eigenvalue weighted by Gasteiger charge is -2.29. The number of anilines is 2. The van der Waals surface area contributed by atoms with Crippen molar-refractivity contribution in [2.24, 2.45) is 0 Å². The first-order valence-electron chi connectivity index (χ1n) is 8.25. The van der Waals surface area contributed by atoms with Gasteiger partial charge in [0, 0.05) is 12.1 Å². The van der Waals surface area contributed by atoms with Gasteiger partial charge in [-0.1, -0.05) is 6.07 Å². The van der Waals surface area contributed by atoms with Crippen molar-refractivity contribution in [3.63, 3.8) is 0 Å². The van der Waals surface area contributed by atoms with E-state index in [1.165, 1.54) is 4.90 Å². The number of carbonyl (C=O) groups is 2. The number of hydrogen-bond acceptors (Lipinski definition) is 4. The molecular weight excluding hydrogens is 320 g/mol. The third-order valence-corrected chi connectivity index (χ3v) is 3.97. The second-order valence-corrected chi connectivity index (χ2v) is 6.50. The van der Waals surface area contributed by atoms with E-state index < -0.39 is 0 Å². The normalized spacial score (nSPS) is 13.6. The van der Waals surface area contributed by atoms with Crippen LogP contribution in [-0.2, 0) is 9.59 Å². The summed E-state index contributed by atoms with van der Waals surface area (Å²) < 4.78 is 7.19. The van der Waals surface area contributed by atoms with Crippen molar-refractivity contribution in [3.8, 4) is 5.75 Å². The van der Waals surface area contributed by atoms with E-state index in [1.54, 1.807) is 4.68 Å². The second kappa shape index (κ2) is 6.58. The predicted molar refractivity (Wildman–Crippen MR) is 95.0 cm³/mol. The van der Waals surface area contributed by atoms with Crippen molar-refractivity contribution in [3.05, 3.63) is 35.5 Å². The second-order valence-electron chi connectivity index (χ2n) is 6.50. The molecule has 0 spiro atoms. The summed E-state index contributed by atoms with van der Waals surface area (Å²) in [5.41, 5.74) is 2.45. The number of benzene rings is 1. The van der Waals surface area contributed by atoms with E-state index in [9.17, 15) is 9.59 Å². The van der Waals surface area contributed by atoms with Gasteiger partial charge in [0.15, 0.2) is 6.61 Å². The van der Waals surface area contributed by atoms with Crippen molar-refractivity contribution < 1.29 is 14.3 Å². The molecule has 132 valence electrons. The fraction of sp³-hybridized carbons (Fsp3) is 0.389. The number of nitrogens with zero attached hydrogens (tertiary/aromatic N) is 3. The standard InChI is InChI=1S/C18H22N4O3/c1-11(2)22-16(8-13(4)20-22)19-17(23)9-21-14-7-12(3)5-6-15(14)25-10-18(21)24/h5-8,11H,9-10H2,1-4H3,(H,19,23). The average molecular weight is 342 g/mol. The topological polar surface area (TPSA) is 76.5 Å². The van der Waals surface area contributed by atoms with Crippen LogP contribution < -0.4 is 15.0 Å². The van der Waals surface area contributed by atoms with Crippen molar-refractivity contribution in [2.75, 3.05) is 23.4 Å². The maximum absolute atomic E-state index is 12.5. The number of fused-ring (bicyclic) bond motifs is 1. The molecule has 0 unspecified atom stereocenters. The highest BCUT2D eigenvalue weighted by Crippen LogP contribution is 2.32. The average Bonchev–Trinajstić information content (AvgIpc) is 2.91. The summed E-state index contributed by atoms with van der Waals surface area (Å²) in [4.78, 5) is 26.2. The first kappa shape index (κ1) is 17.0. The van der Waals surface area contributed by atoms with Crippen LogP contribution in [0.25, 0.3) is 0 Å². The summed E-state index contributed by atoms with van der Waals surface area (Å²) in [6.45, 7) is 7.66. The van der Waals surface area contributed by atoms with E-state index in [1.807, 2.05) is 52.0 Å². The molecule has 2 heterocycles. The molecule has 25 heavy (non-hydrogen) atoms. The molecule has 1 N–H and O–H groups in total. The largest absolute Gasteiger partial charge is 0.482 e. The predicted octanol–water partition coefficient (Wildman–Crippen LogP) is 2.44. The number of rotatable bonds is 4. The summed E-state index contributed by atoms with van der Waals surface area (Å²) in [6, 6.07) is 7.52. The number of aromatic nitrogens is 2. The maximum atomic E-state index is 12.5. The quantitative estimate of drug-likeness (QED) is 0.926. The first-order valence-corrected chi connectivity index (χ1v) is 8.25. The van der Waals surface area contributed by atoms with E-state index in [-0.39, 0.29) is 31.0 Å². The van der Waals surface area contributed by atoms with Crippen LogP contribution in [0.3, 0.4) is 0 Å². The van der Waals surface area contributed by atoms with Gasteiger partial charge in [-0.2, -0.15) is 5.10 Å². The van der Waals surface area contributed by atoms with Crippen LogP contribution in [0.5, 0.6) is 5.75 Å². The van der Waals surface area contributed by atoms with Crippen molar-refractivity contribution >= 4 is 23.3 Å². The van der Waals surface area contributed by atoms with Crippen LogP contribution in [0.1, 0.15) is 31.1 Å². The zero-order valence-corrected chi connectivity index (χ0v) is 14.9. The van der Waals surface area contributed by atoms with Gasteiger partial charge in [-0.05, 0) is 45.4 Å². The number of amides is 2. The Kier molecular flexibility index (Phi) is 4.48. The lowest BCUT2D eigenvalue weighted by molar-refractivity contribution is -0.123. The maximum Gasteiger partial charge on any atom is 0.265 e. The molecule has 0 aliphatic carbocycles. The van der Waals surface area contributed by atoms with E-state index >= 15 is 0 Å². The van der Waals surface area contributed by atoms with Gasteiger partial charge >= 0.3 is 0 Å². The van der Waals surface area contributed by atoms with E-state index in [0.717, 1.165) is 11.3 Å². The van der Waals surface area contributed by atoms with Crippen molar-refractivity contribution in [1.29, 1.82) is 0 Å². The zero-order chi connectivity index (χ0) is 18.1. The first-order chi connectivity index (χ1) is 11.8. The molecule has 1 aromatic carbocycles. The van der Waals surface area contributed by atoms with Gasteiger partial charge in [0.25, 0.3) is 5.91 Å². The van der Waals surface area contributed by atoms with Gasteiger partial charge in [-0.3, -0.25) is 14.5 Å². The lowest BCUT2D eigenvalue weighted by Crippen LogP contribution is -2.43. The Morgan fingerprint density at radius 1 is 1.32 bits per heavy atom. The molecule has 1 aromatic heterocycles. The Bertz CT molecular complexity index is 826. The summed E-state index contributed by atoms with van der Waals surface area (Å²) in [7, 11) is 0. The minimum Gasteiger partial charge on any atom is -0.482 e. The zero-order valence-electron chi connectivity index (χ0n) is 14.9. The lowest BCUT2D eigenvalue weighted by atomic mass is 10.1. The molecule has 3 rings (SSSR count). The molecule has 7 nitrogen and oxygen atoms in total. The number of carbonyl (C=O) groups excluding carboxylic acids is 2. The van der Waals surface area contributed by atoms with Gasteiger partial charge in [0.2, 0.25) is 5.91 Å². The Morgan fingerprint density at radius 2 is 2.08 bits per heavy atom. The van der Waals surface area contributed by atoms with Crippen LogP contribution in [0, 0.1) is 13.8 Å². The molecule has 1 aliphatic rings. The van der Waals surface area contributed by atoms with E-state index in [4.69, 9.17) is 4.74 Å². The monoisotopic (exact) mass is 342 g/mol. The molecule has 2 aromatic rings. The van der Waals surface area contributed by atoms with Gasteiger partial charge in [0.1, 0.15) is 18.1 Å². The summed E-state index contributed by atoms with van der Waals surface area (Å²) >= 11 is 0. The summed E-state index contributed by atoms with van der Waals surface area (Å²) in [5.74, 6) is 0.732. The highest BCUT2D eigenvalue weighted by Gasteiger charge is 2.27. The molecule has 1 aliphatic heterocycles. The van der Waals surface area contributed by atoms with Crippen molar-refractivity contribution in [1.82, 2.24) is 9.78 Å². The third kappa shape index (κ3) is 3.50.